The lowest BCUT2D eigenvalue weighted by atomic mass is 9.85. The van der Waals surface area contributed by atoms with Crippen LogP contribution in [0.1, 0.15) is 71.1 Å². The summed E-state index contributed by atoms with van der Waals surface area (Å²) in [6.07, 6.45) is 14.5. The summed E-state index contributed by atoms with van der Waals surface area (Å²) in [6.45, 7) is 2.29. The average molecular weight is 261 g/mol. The fourth-order valence-electron chi connectivity index (χ4n) is 2.45. The van der Waals surface area contributed by atoms with E-state index in [0.717, 1.165) is 10.7 Å². The average Bonchev–Trinajstić information content (AvgIpc) is 2.21. The summed E-state index contributed by atoms with van der Waals surface area (Å²) in [4.78, 5) is 0.832. The summed E-state index contributed by atoms with van der Waals surface area (Å²) in [5, 5.41) is 0. The van der Waals surface area contributed by atoms with Gasteiger partial charge in [-0.15, -0.1) is 0 Å². The van der Waals surface area contributed by atoms with E-state index in [1.165, 1.54) is 64.2 Å². The van der Waals surface area contributed by atoms with Crippen LogP contribution in [0.15, 0.2) is 0 Å². The normalized spacial score (nSPS) is 27.9. The molecule has 0 nitrogen and oxygen atoms in total. The molecule has 0 heterocycles. The van der Waals surface area contributed by atoms with E-state index < -0.39 is 0 Å². The van der Waals surface area contributed by atoms with Crippen molar-refractivity contribution in [3.63, 3.8) is 0 Å². The van der Waals surface area contributed by atoms with E-state index in [4.69, 9.17) is 0 Å². The molecule has 0 aromatic heterocycles. The minimum Gasteiger partial charge on any atom is -0.0891 e. The highest BCUT2D eigenvalue weighted by atomic mass is 79.9. The molecule has 0 aromatic rings. The van der Waals surface area contributed by atoms with Crippen molar-refractivity contribution >= 4 is 15.9 Å². The maximum Gasteiger partial charge on any atom is 0.0146 e. The molecular weight excluding hydrogens is 236 g/mol. The van der Waals surface area contributed by atoms with Crippen LogP contribution in [-0.2, 0) is 0 Å². The van der Waals surface area contributed by atoms with Crippen LogP contribution in [-0.4, -0.2) is 4.83 Å². The first-order chi connectivity index (χ1) is 6.83. The van der Waals surface area contributed by atoms with E-state index in [9.17, 15) is 0 Å². The van der Waals surface area contributed by atoms with Gasteiger partial charge in [0.25, 0.3) is 0 Å². The quantitative estimate of drug-likeness (QED) is 0.449. The first kappa shape index (κ1) is 12.5. The second-order valence-electron chi connectivity index (χ2n) is 4.82. The summed E-state index contributed by atoms with van der Waals surface area (Å²) in [5.74, 6) is 1.06. The van der Waals surface area contributed by atoms with Gasteiger partial charge in [0, 0.05) is 4.83 Å². The van der Waals surface area contributed by atoms with Gasteiger partial charge in [-0.25, -0.2) is 0 Å². The molecule has 0 aromatic carbocycles. The van der Waals surface area contributed by atoms with Gasteiger partial charge in [0.2, 0.25) is 0 Å². The third-order valence-corrected chi connectivity index (χ3v) is 4.41. The number of halogens is 1. The number of unbranched alkanes of at least 4 members (excludes halogenated alkanes) is 4. The molecule has 1 aliphatic rings. The van der Waals surface area contributed by atoms with Crippen molar-refractivity contribution in [3.05, 3.63) is 0 Å². The van der Waals surface area contributed by atoms with Crippen LogP contribution < -0.4 is 0 Å². The van der Waals surface area contributed by atoms with Crippen LogP contribution in [0.3, 0.4) is 0 Å². The molecule has 1 fully saturated rings. The molecule has 1 saturated carbocycles. The molecule has 1 aliphatic carbocycles. The molecule has 14 heavy (non-hydrogen) atoms. The molecule has 0 amide bonds. The fourth-order valence-corrected chi connectivity index (χ4v) is 2.98. The molecule has 84 valence electrons. The zero-order valence-electron chi connectivity index (χ0n) is 9.60. The van der Waals surface area contributed by atoms with Crippen LogP contribution in [0.5, 0.6) is 0 Å². The van der Waals surface area contributed by atoms with Crippen molar-refractivity contribution in [1.29, 1.82) is 0 Å². The van der Waals surface area contributed by atoms with Crippen molar-refractivity contribution < 1.29 is 0 Å². The third-order valence-electron chi connectivity index (χ3n) is 3.49. The highest BCUT2D eigenvalue weighted by Crippen LogP contribution is 2.31. The van der Waals surface area contributed by atoms with Crippen LogP contribution in [0.2, 0.25) is 0 Å². The molecule has 1 heteroatoms. The molecule has 0 aliphatic heterocycles. The first-order valence-electron chi connectivity index (χ1n) is 6.47. The van der Waals surface area contributed by atoms with E-state index in [2.05, 4.69) is 22.9 Å². The van der Waals surface area contributed by atoms with Crippen LogP contribution in [0.4, 0.5) is 0 Å². The Morgan fingerprint density at radius 3 is 2.21 bits per heavy atom. The Bertz CT molecular complexity index is 125. The summed E-state index contributed by atoms with van der Waals surface area (Å²) in [7, 11) is 0. The predicted octanol–water partition coefficient (Wildman–Crippen LogP) is 5.30. The lowest BCUT2D eigenvalue weighted by Gasteiger charge is -2.25. The summed E-state index contributed by atoms with van der Waals surface area (Å²) >= 11 is 3.72. The van der Waals surface area contributed by atoms with E-state index in [0.29, 0.717) is 0 Å². The standard InChI is InChI=1S/C13H25Br/c1-2-3-4-5-6-7-12-8-10-13(14)11-9-12/h12-13H,2-11H2,1H3. The second-order valence-corrected chi connectivity index (χ2v) is 6.12. The van der Waals surface area contributed by atoms with Crippen molar-refractivity contribution in [2.24, 2.45) is 5.92 Å². The Morgan fingerprint density at radius 1 is 0.929 bits per heavy atom. The van der Waals surface area contributed by atoms with E-state index >= 15 is 0 Å². The molecule has 0 N–H and O–H groups in total. The number of rotatable bonds is 6. The number of hydrogen-bond donors (Lipinski definition) is 0. The summed E-state index contributed by atoms with van der Waals surface area (Å²) in [5.41, 5.74) is 0. The molecule has 0 spiro atoms. The highest BCUT2D eigenvalue weighted by Gasteiger charge is 2.18. The van der Waals surface area contributed by atoms with Gasteiger partial charge in [-0.3, -0.25) is 0 Å². The Hall–Kier alpha value is 0.480. The maximum absolute atomic E-state index is 3.72. The SMILES string of the molecule is CCCCCCCC1CCC(Br)CC1. The fraction of sp³-hybridized carbons (Fsp3) is 1.00. The highest BCUT2D eigenvalue weighted by molar-refractivity contribution is 9.09. The maximum atomic E-state index is 3.72. The summed E-state index contributed by atoms with van der Waals surface area (Å²) in [6, 6.07) is 0. The van der Waals surface area contributed by atoms with Crippen molar-refractivity contribution in [1.82, 2.24) is 0 Å². The minimum atomic E-state index is 0.832. The predicted molar refractivity (Wildman–Crippen MR) is 68.0 cm³/mol. The van der Waals surface area contributed by atoms with Gasteiger partial charge < -0.3 is 0 Å². The van der Waals surface area contributed by atoms with Crippen LogP contribution in [0.25, 0.3) is 0 Å². The van der Waals surface area contributed by atoms with E-state index in [1.807, 2.05) is 0 Å². The molecule has 1 rings (SSSR count). The van der Waals surface area contributed by atoms with Crippen molar-refractivity contribution in [2.45, 2.75) is 76.0 Å². The zero-order chi connectivity index (χ0) is 10.2. The zero-order valence-corrected chi connectivity index (χ0v) is 11.2. The Balaban J connectivity index is 1.91. The van der Waals surface area contributed by atoms with Crippen molar-refractivity contribution in [3.8, 4) is 0 Å². The molecule has 0 unspecified atom stereocenters. The second kappa shape index (κ2) is 7.73. The van der Waals surface area contributed by atoms with Gasteiger partial charge >= 0.3 is 0 Å². The Kier molecular flexibility index (Phi) is 6.93. The van der Waals surface area contributed by atoms with Crippen molar-refractivity contribution in [2.75, 3.05) is 0 Å². The minimum absolute atomic E-state index is 0.832. The topological polar surface area (TPSA) is 0 Å². The monoisotopic (exact) mass is 260 g/mol. The van der Waals surface area contributed by atoms with E-state index in [1.54, 1.807) is 0 Å². The summed E-state index contributed by atoms with van der Waals surface area (Å²) < 4.78 is 0. The van der Waals surface area contributed by atoms with Gasteiger partial charge in [0.05, 0.1) is 0 Å². The third kappa shape index (κ3) is 5.38. The van der Waals surface area contributed by atoms with Crippen LogP contribution >= 0.6 is 15.9 Å². The Morgan fingerprint density at radius 2 is 1.57 bits per heavy atom. The molecule has 0 saturated heterocycles. The molecule has 0 radical (unpaired) electrons. The number of hydrogen-bond acceptors (Lipinski definition) is 0. The van der Waals surface area contributed by atoms with Gasteiger partial charge in [-0.1, -0.05) is 61.4 Å². The molecule has 0 bridgehead atoms. The van der Waals surface area contributed by atoms with Crippen LogP contribution in [0, 0.1) is 5.92 Å². The largest absolute Gasteiger partial charge is 0.0891 e. The lowest BCUT2D eigenvalue weighted by molar-refractivity contribution is 0.336. The van der Waals surface area contributed by atoms with Gasteiger partial charge in [-0.2, -0.15) is 0 Å². The van der Waals surface area contributed by atoms with E-state index in [-0.39, 0.29) is 0 Å². The molecule has 0 atom stereocenters. The number of alkyl halides is 1. The Labute approximate surface area is 98.0 Å². The lowest BCUT2D eigenvalue weighted by Crippen LogP contribution is -2.13. The smallest absolute Gasteiger partial charge is 0.0146 e. The van der Waals surface area contributed by atoms with Gasteiger partial charge in [-0.05, 0) is 31.6 Å². The van der Waals surface area contributed by atoms with Gasteiger partial charge in [0.1, 0.15) is 0 Å². The first-order valence-corrected chi connectivity index (χ1v) is 7.38. The molecular formula is C13H25Br. The van der Waals surface area contributed by atoms with Gasteiger partial charge in [0.15, 0.2) is 0 Å².